The van der Waals surface area contributed by atoms with Gasteiger partial charge in [-0.1, -0.05) is 30.3 Å². The Kier molecular flexibility index (Phi) is 5.48. The van der Waals surface area contributed by atoms with Crippen LogP contribution in [0.15, 0.2) is 54.7 Å². The van der Waals surface area contributed by atoms with Crippen molar-refractivity contribution in [3.8, 4) is 0 Å². The molecule has 1 aromatic heterocycles. The molecule has 0 fully saturated rings. The quantitative estimate of drug-likeness (QED) is 0.599. The first-order valence-corrected chi connectivity index (χ1v) is 10.8. The van der Waals surface area contributed by atoms with Crippen LogP contribution in [0.4, 0.5) is 5.69 Å². The van der Waals surface area contributed by atoms with Gasteiger partial charge in [0.15, 0.2) is 0 Å². The molecule has 29 heavy (non-hydrogen) atoms. The Morgan fingerprint density at radius 3 is 2.41 bits per heavy atom. The van der Waals surface area contributed by atoms with Gasteiger partial charge in [0, 0.05) is 11.6 Å². The lowest BCUT2D eigenvalue weighted by molar-refractivity contribution is 0.0603. The normalized spacial score (nSPS) is 12.6. The lowest BCUT2D eigenvalue weighted by Gasteiger charge is -2.28. The SMILES string of the molecule is COC(=O)c1cn(C(=O)[C@H](C)N(c2cccc(C)c2)S(C)(=O)=O)c2ccccc12. The van der Waals surface area contributed by atoms with Crippen molar-refractivity contribution >= 4 is 38.5 Å². The number of hydrogen-bond acceptors (Lipinski definition) is 5. The van der Waals surface area contributed by atoms with Gasteiger partial charge in [0.2, 0.25) is 10.0 Å². The van der Waals surface area contributed by atoms with Gasteiger partial charge < -0.3 is 4.74 Å². The standard InChI is InChI=1S/C21H22N2O5S/c1-14-8-7-9-16(12-14)23(29(4,26)27)15(2)20(24)22-13-18(21(25)28-3)17-10-5-6-11-19(17)22/h5-13,15H,1-4H3/t15-/m0/s1. The van der Waals surface area contributed by atoms with Crippen molar-refractivity contribution in [3.63, 3.8) is 0 Å². The number of carbonyl (C=O) groups excluding carboxylic acids is 2. The summed E-state index contributed by atoms with van der Waals surface area (Å²) in [5.74, 6) is -1.05. The van der Waals surface area contributed by atoms with E-state index in [1.165, 1.54) is 24.8 Å². The van der Waals surface area contributed by atoms with Crippen LogP contribution in [0.25, 0.3) is 10.9 Å². The molecule has 7 nitrogen and oxygen atoms in total. The van der Waals surface area contributed by atoms with Gasteiger partial charge in [-0.2, -0.15) is 0 Å². The van der Waals surface area contributed by atoms with Gasteiger partial charge in [0.1, 0.15) is 6.04 Å². The zero-order chi connectivity index (χ0) is 21.3. The molecule has 8 heteroatoms. The van der Waals surface area contributed by atoms with Crippen molar-refractivity contribution < 1.29 is 22.7 Å². The zero-order valence-corrected chi connectivity index (χ0v) is 17.4. The van der Waals surface area contributed by atoms with Gasteiger partial charge in [-0.05, 0) is 37.6 Å². The number of hydrogen-bond donors (Lipinski definition) is 0. The first kappa shape index (κ1) is 20.6. The highest BCUT2D eigenvalue weighted by Crippen LogP contribution is 2.26. The maximum absolute atomic E-state index is 13.3. The van der Waals surface area contributed by atoms with Gasteiger partial charge in [-0.3, -0.25) is 13.7 Å². The first-order valence-electron chi connectivity index (χ1n) is 8.94. The molecule has 0 spiro atoms. The molecule has 2 aromatic carbocycles. The zero-order valence-electron chi connectivity index (χ0n) is 16.6. The molecule has 0 bridgehead atoms. The average Bonchev–Trinajstić information content (AvgIpc) is 3.05. The smallest absolute Gasteiger partial charge is 0.340 e. The van der Waals surface area contributed by atoms with E-state index >= 15 is 0 Å². The Morgan fingerprint density at radius 2 is 1.79 bits per heavy atom. The molecule has 3 aromatic rings. The van der Waals surface area contributed by atoms with Crippen molar-refractivity contribution in [2.75, 3.05) is 17.7 Å². The fourth-order valence-corrected chi connectivity index (χ4v) is 4.56. The summed E-state index contributed by atoms with van der Waals surface area (Å²) in [6.45, 7) is 3.37. The van der Waals surface area contributed by atoms with E-state index in [1.54, 1.807) is 42.5 Å². The van der Waals surface area contributed by atoms with E-state index in [-0.39, 0.29) is 5.56 Å². The van der Waals surface area contributed by atoms with Crippen LogP contribution in [-0.2, 0) is 14.8 Å². The van der Waals surface area contributed by atoms with Crippen molar-refractivity contribution in [3.05, 3.63) is 65.9 Å². The number of ether oxygens (including phenoxy) is 1. The second-order valence-electron chi connectivity index (χ2n) is 6.83. The lowest BCUT2D eigenvalue weighted by Crippen LogP contribution is -2.44. The molecule has 0 unspecified atom stereocenters. The number of aryl methyl sites for hydroxylation is 1. The van der Waals surface area contributed by atoms with Crippen LogP contribution in [0.5, 0.6) is 0 Å². The minimum Gasteiger partial charge on any atom is -0.465 e. The number of anilines is 1. The Labute approximate surface area is 169 Å². The highest BCUT2D eigenvalue weighted by molar-refractivity contribution is 7.92. The minimum atomic E-state index is -3.75. The van der Waals surface area contributed by atoms with Crippen LogP contribution in [0.1, 0.15) is 27.6 Å². The molecule has 0 saturated carbocycles. The van der Waals surface area contributed by atoms with E-state index in [0.717, 1.165) is 16.1 Å². The maximum atomic E-state index is 13.3. The highest BCUT2D eigenvalue weighted by Gasteiger charge is 2.31. The van der Waals surface area contributed by atoms with Crippen LogP contribution < -0.4 is 4.31 Å². The predicted octanol–water partition coefficient (Wildman–Crippen LogP) is 3.23. The third-order valence-corrected chi connectivity index (χ3v) is 5.92. The van der Waals surface area contributed by atoms with Gasteiger partial charge in [0.05, 0.1) is 30.1 Å². The van der Waals surface area contributed by atoms with Crippen LogP contribution in [-0.4, -0.2) is 44.3 Å². The Hall–Kier alpha value is -3.13. The number of esters is 1. The second-order valence-corrected chi connectivity index (χ2v) is 8.69. The number of sulfonamides is 1. The summed E-state index contributed by atoms with van der Waals surface area (Å²) in [5.41, 5.74) is 2.01. The molecule has 0 N–H and O–H groups in total. The number of benzene rings is 2. The average molecular weight is 414 g/mol. The van der Waals surface area contributed by atoms with E-state index in [4.69, 9.17) is 4.74 Å². The minimum absolute atomic E-state index is 0.241. The van der Waals surface area contributed by atoms with E-state index in [0.29, 0.717) is 16.6 Å². The van der Waals surface area contributed by atoms with Crippen LogP contribution >= 0.6 is 0 Å². The van der Waals surface area contributed by atoms with Crippen LogP contribution in [0.2, 0.25) is 0 Å². The van der Waals surface area contributed by atoms with Crippen LogP contribution in [0.3, 0.4) is 0 Å². The molecule has 0 radical (unpaired) electrons. The number of fused-ring (bicyclic) bond motifs is 1. The number of carbonyl (C=O) groups is 2. The summed E-state index contributed by atoms with van der Waals surface area (Å²) in [4.78, 5) is 25.5. The summed E-state index contributed by atoms with van der Waals surface area (Å²) in [7, 11) is -2.48. The molecule has 0 aliphatic heterocycles. The number of aromatic nitrogens is 1. The Morgan fingerprint density at radius 1 is 1.10 bits per heavy atom. The van der Waals surface area contributed by atoms with E-state index in [2.05, 4.69) is 0 Å². The maximum Gasteiger partial charge on any atom is 0.340 e. The molecule has 0 amide bonds. The number of rotatable bonds is 5. The second kappa shape index (κ2) is 7.71. The number of para-hydroxylation sites is 1. The molecule has 1 atom stereocenters. The lowest BCUT2D eigenvalue weighted by atomic mass is 10.2. The fraction of sp³-hybridized carbons (Fsp3) is 0.238. The number of nitrogens with zero attached hydrogens (tertiary/aromatic N) is 2. The summed E-state index contributed by atoms with van der Waals surface area (Å²) in [5, 5.41) is 0.557. The molecule has 3 rings (SSSR count). The summed E-state index contributed by atoms with van der Waals surface area (Å²) < 4.78 is 32.3. The molecular formula is C21H22N2O5S. The van der Waals surface area contributed by atoms with Gasteiger partial charge in [-0.25, -0.2) is 13.2 Å². The largest absolute Gasteiger partial charge is 0.465 e. The number of methoxy groups -OCH3 is 1. The van der Waals surface area contributed by atoms with Crippen molar-refractivity contribution in [2.24, 2.45) is 0 Å². The van der Waals surface area contributed by atoms with E-state index in [1.807, 2.05) is 13.0 Å². The van der Waals surface area contributed by atoms with E-state index < -0.39 is 27.9 Å². The monoisotopic (exact) mass is 414 g/mol. The van der Waals surface area contributed by atoms with E-state index in [9.17, 15) is 18.0 Å². The Balaban J connectivity index is 2.13. The van der Waals surface area contributed by atoms with Crippen molar-refractivity contribution in [1.29, 1.82) is 0 Å². The van der Waals surface area contributed by atoms with Gasteiger partial charge >= 0.3 is 5.97 Å². The van der Waals surface area contributed by atoms with Crippen LogP contribution in [0, 0.1) is 6.92 Å². The summed E-state index contributed by atoms with van der Waals surface area (Å²) in [6, 6.07) is 12.8. The molecule has 0 saturated heterocycles. The third kappa shape index (κ3) is 3.88. The van der Waals surface area contributed by atoms with Crippen molar-refractivity contribution in [1.82, 2.24) is 4.57 Å². The fourth-order valence-electron chi connectivity index (χ4n) is 3.40. The molecule has 1 heterocycles. The third-order valence-electron chi connectivity index (χ3n) is 4.68. The highest BCUT2D eigenvalue weighted by atomic mass is 32.2. The van der Waals surface area contributed by atoms with Gasteiger partial charge in [-0.15, -0.1) is 0 Å². The predicted molar refractivity (Wildman–Crippen MR) is 112 cm³/mol. The molecule has 0 aliphatic carbocycles. The molecular weight excluding hydrogens is 392 g/mol. The topological polar surface area (TPSA) is 85.7 Å². The Bertz CT molecular complexity index is 1200. The summed E-state index contributed by atoms with van der Waals surface area (Å²) >= 11 is 0. The summed E-state index contributed by atoms with van der Waals surface area (Å²) in [6.07, 6.45) is 2.46. The van der Waals surface area contributed by atoms with Gasteiger partial charge in [0.25, 0.3) is 5.91 Å². The molecule has 152 valence electrons. The van der Waals surface area contributed by atoms with Crippen molar-refractivity contribution in [2.45, 2.75) is 19.9 Å². The molecule has 0 aliphatic rings. The first-order chi connectivity index (χ1) is 13.6.